The number of likely N-dealkylation sites (N-methyl/N-ethyl adjacent to an activating group) is 1. The number of hydrogen-bond acceptors (Lipinski definition) is 3. The van der Waals surface area contributed by atoms with Crippen LogP contribution in [0, 0.1) is 0 Å². The fourth-order valence-electron chi connectivity index (χ4n) is 4.04. The maximum atomic E-state index is 5.18. The number of para-hydroxylation sites is 1. The Balaban J connectivity index is 1.79. The van der Waals surface area contributed by atoms with Crippen LogP contribution in [0.4, 0.5) is 11.4 Å². The molecule has 2 atom stereocenters. The molecule has 0 aliphatic carbocycles. The first-order valence-electron chi connectivity index (χ1n) is 10.4. The highest BCUT2D eigenvalue weighted by Crippen LogP contribution is 2.42. The van der Waals surface area contributed by atoms with Gasteiger partial charge in [-0.1, -0.05) is 79.7 Å². The largest absolute Gasteiger partial charge is 0.380 e. The van der Waals surface area contributed by atoms with Crippen LogP contribution in [0.2, 0.25) is 0 Å². The van der Waals surface area contributed by atoms with Crippen LogP contribution in [0.3, 0.4) is 0 Å². The molecule has 1 N–H and O–H groups in total. The number of rotatable bonds is 6. The van der Waals surface area contributed by atoms with Crippen molar-refractivity contribution in [2.75, 3.05) is 18.4 Å². The van der Waals surface area contributed by atoms with Crippen molar-refractivity contribution in [2.45, 2.75) is 25.8 Å². The summed E-state index contributed by atoms with van der Waals surface area (Å²) in [4.78, 5) is 7.56. The number of hydrogen-bond donors (Lipinski definition) is 1. The standard InChI is InChI=1S/C25H28BN3/c1-3-29(26)17-22-18(2)27-25-21(22)15-10-16-23(25)28-24(19-11-6-4-7-12-19)20-13-8-5-9-14-20/h4-16,18,22,27H,3,17,26H2,1-2H3/t18-,22+/m0/s1. The number of benzene rings is 3. The number of aliphatic imine (C=N–C) groups is 1. The van der Waals surface area contributed by atoms with E-state index >= 15 is 0 Å². The van der Waals surface area contributed by atoms with Crippen molar-refractivity contribution in [3.63, 3.8) is 0 Å². The first-order chi connectivity index (χ1) is 14.2. The van der Waals surface area contributed by atoms with E-state index in [0.717, 1.165) is 35.6 Å². The summed E-state index contributed by atoms with van der Waals surface area (Å²) >= 11 is 0. The Kier molecular flexibility index (Phi) is 5.82. The lowest BCUT2D eigenvalue weighted by molar-refractivity contribution is 0.420. The molecular weight excluding hydrogens is 353 g/mol. The van der Waals surface area contributed by atoms with E-state index in [4.69, 9.17) is 4.99 Å². The van der Waals surface area contributed by atoms with Crippen molar-refractivity contribution in [3.8, 4) is 0 Å². The Morgan fingerprint density at radius 3 is 2.14 bits per heavy atom. The van der Waals surface area contributed by atoms with Crippen LogP contribution in [0.25, 0.3) is 0 Å². The Labute approximate surface area is 174 Å². The summed E-state index contributed by atoms with van der Waals surface area (Å²) in [5.74, 6) is 0.474. The summed E-state index contributed by atoms with van der Waals surface area (Å²) in [6.07, 6.45) is 0. The van der Waals surface area contributed by atoms with Crippen LogP contribution in [-0.2, 0) is 0 Å². The van der Waals surface area contributed by atoms with Crippen LogP contribution in [0.15, 0.2) is 83.9 Å². The molecule has 0 saturated heterocycles. The van der Waals surface area contributed by atoms with Crippen molar-refractivity contribution >= 4 is 25.1 Å². The summed E-state index contributed by atoms with van der Waals surface area (Å²) in [5.41, 5.74) is 6.83. The molecular formula is C25H28BN3. The molecule has 0 bridgehead atoms. The van der Waals surface area contributed by atoms with E-state index in [0.29, 0.717) is 12.0 Å². The van der Waals surface area contributed by atoms with Gasteiger partial charge in [0, 0.05) is 23.1 Å². The van der Waals surface area contributed by atoms with Crippen molar-refractivity contribution in [1.29, 1.82) is 0 Å². The zero-order valence-electron chi connectivity index (χ0n) is 17.5. The highest BCUT2D eigenvalue weighted by Gasteiger charge is 2.31. The molecule has 0 aromatic heterocycles. The predicted molar refractivity (Wildman–Crippen MR) is 126 cm³/mol. The quantitative estimate of drug-likeness (QED) is 0.498. The Morgan fingerprint density at radius 2 is 1.55 bits per heavy atom. The number of nitrogens with zero attached hydrogens (tertiary/aromatic N) is 2. The first-order valence-corrected chi connectivity index (χ1v) is 10.4. The molecule has 3 aromatic carbocycles. The number of fused-ring (bicyclic) bond motifs is 1. The molecule has 0 unspecified atom stereocenters. The molecule has 4 rings (SSSR count). The summed E-state index contributed by atoms with van der Waals surface area (Å²) in [6, 6.07) is 27.8. The predicted octanol–water partition coefficient (Wildman–Crippen LogP) is 4.62. The summed E-state index contributed by atoms with van der Waals surface area (Å²) < 4.78 is 0. The van der Waals surface area contributed by atoms with Crippen LogP contribution in [0.5, 0.6) is 0 Å². The minimum atomic E-state index is 0.396. The molecule has 4 heteroatoms. The van der Waals surface area contributed by atoms with Gasteiger partial charge in [-0.15, -0.1) is 0 Å². The zero-order valence-corrected chi connectivity index (χ0v) is 17.5. The van der Waals surface area contributed by atoms with Crippen molar-refractivity contribution in [3.05, 3.63) is 95.6 Å². The normalized spacial score (nSPS) is 17.6. The molecule has 29 heavy (non-hydrogen) atoms. The summed E-state index contributed by atoms with van der Waals surface area (Å²) in [6.45, 7) is 6.59. The van der Waals surface area contributed by atoms with Gasteiger partial charge in [0.25, 0.3) is 0 Å². The zero-order chi connectivity index (χ0) is 20.2. The maximum Gasteiger partial charge on any atom is 0.185 e. The van der Waals surface area contributed by atoms with Crippen LogP contribution < -0.4 is 5.32 Å². The van der Waals surface area contributed by atoms with Crippen LogP contribution in [0.1, 0.15) is 36.5 Å². The highest BCUT2D eigenvalue weighted by atomic mass is 15.1. The van der Waals surface area contributed by atoms with Gasteiger partial charge in [0.05, 0.1) is 17.1 Å². The number of anilines is 1. The van der Waals surface area contributed by atoms with Gasteiger partial charge >= 0.3 is 0 Å². The maximum absolute atomic E-state index is 5.18. The van der Waals surface area contributed by atoms with E-state index in [2.05, 4.69) is 98.7 Å². The molecule has 0 fully saturated rings. The topological polar surface area (TPSA) is 27.6 Å². The molecule has 0 spiro atoms. The lowest BCUT2D eigenvalue weighted by Gasteiger charge is -2.23. The third-order valence-corrected chi connectivity index (χ3v) is 5.82. The smallest absolute Gasteiger partial charge is 0.185 e. The third kappa shape index (κ3) is 4.13. The van der Waals surface area contributed by atoms with Gasteiger partial charge in [0.15, 0.2) is 7.98 Å². The molecule has 3 aromatic rings. The second-order valence-electron chi connectivity index (χ2n) is 7.83. The van der Waals surface area contributed by atoms with E-state index in [9.17, 15) is 0 Å². The van der Waals surface area contributed by atoms with Crippen molar-refractivity contribution in [2.24, 2.45) is 4.99 Å². The fourth-order valence-corrected chi connectivity index (χ4v) is 4.04. The third-order valence-electron chi connectivity index (χ3n) is 5.82. The second kappa shape index (κ2) is 8.67. The minimum Gasteiger partial charge on any atom is -0.380 e. The van der Waals surface area contributed by atoms with Gasteiger partial charge in [-0.3, -0.25) is 0 Å². The fraction of sp³-hybridized carbons (Fsp3) is 0.240. The van der Waals surface area contributed by atoms with E-state index < -0.39 is 0 Å². The summed E-state index contributed by atoms with van der Waals surface area (Å²) in [7, 11) is 2.19. The molecule has 0 amide bonds. The molecule has 146 valence electrons. The van der Waals surface area contributed by atoms with Gasteiger partial charge < -0.3 is 10.1 Å². The average Bonchev–Trinajstić information content (AvgIpc) is 3.09. The van der Waals surface area contributed by atoms with Crippen LogP contribution in [-0.4, -0.2) is 37.6 Å². The Hall–Kier alpha value is -2.85. The van der Waals surface area contributed by atoms with E-state index in [-0.39, 0.29) is 0 Å². The van der Waals surface area contributed by atoms with Crippen LogP contribution >= 0.6 is 0 Å². The highest BCUT2D eigenvalue weighted by molar-refractivity contribution is 6.14. The molecule has 1 aliphatic rings. The van der Waals surface area contributed by atoms with Gasteiger partial charge in [-0.25, -0.2) is 4.99 Å². The first kappa shape index (κ1) is 19.5. The lowest BCUT2D eigenvalue weighted by atomic mass is 9.94. The van der Waals surface area contributed by atoms with E-state index in [1.54, 1.807) is 0 Å². The van der Waals surface area contributed by atoms with E-state index in [1.165, 1.54) is 11.3 Å². The van der Waals surface area contributed by atoms with Gasteiger partial charge in [-0.2, -0.15) is 0 Å². The Morgan fingerprint density at radius 1 is 0.931 bits per heavy atom. The number of nitrogens with one attached hydrogen (secondary N) is 1. The lowest BCUT2D eigenvalue weighted by Crippen LogP contribution is -2.30. The Bertz CT molecular complexity index is 944. The molecule has 0 radical (unpaired) electrons. The molecule has 1 aliphatic heterocycles. The molecule has 1 heterocycles. The molecule has 3 nitrogen and oxygen atoms in total. The van der Waals surface area contributed by atoms with Gasteiger partial charge in [0.2, 0.25) is 0 Å². The summed E-state index contributed by atoms with van der Waals surface area (Å²) in [5, 5.41) is 3.72. The monoisotopic (exact) mass is 381 g/mol. The van der Waals surface area contributed by atoms with Gasteiger partial charge in [0.1, 0.15) is 0 Å². The van der Waals surface area contributed by atoms with Gasteiger partial charge in [-0.05, 0) is 31.6 Å². The van der Waals surface area contributed by atoms with E-state index in [1.807, 2.05) is 12.1 Å². The molecule has 0 saturated carbocycles. The van der Waals surface area contributed by atoms with Crippen molar-refractivity contribution < 1.29 is 0 Å². The van der Waals surface area contributed by atoms with Crippen molar-refractivity contribution in [1.82, 2.24) is 4.81 Å². The minimum absolute atomic E-state index is 0.396. The average molecular weight is 381 g/mol. The second-order valence-corrected chi connectivity index (χ2v) is 7.83. The SMILES string of the molecule is BN(CC)C[C@H]1c2cccc(N=C(c3ccccc3)c3ccccc3)c2N[C@H]1C.